The van der Waals surface area contributed by atoms with E-state index in [0.717, 1.165) is 31.8 Å². The molecule has 0 spiro atoms. The SMILES string of the molecule is Cl.NC(=O)CC1CCN(CC2CCNCC2)CC1. The number of primary amides is 1. The van der Waals surface area contributed by atoms with E-state index in [2.05, 4.69) is 10.2 Å². The predicted octanol–water partition coefficient (Wildman–Crippen LogP) is 0.995. The van der Waals surface area contributed by atoms with Crippen molar-refractivity contribution in [1.29, 1.82) is 0 Å². The van der Waals surface area contributed by atoms with Crippen molar-refractivity contribution in [1.82, 2.24) is 10.2 Å². The highest BCUT2D eigenvalue weighted by atomic mass is 35.5. The standard InChI is InChI=1S/C13H25N3O.ClH/c14-13(17)9-11-3-7-16(8-4-11)10-12-1-5-15-6-2-12;/h11-12,15H,1-10H2,(H2,14,17);1H. The molecule has 2 rings (SSSR count). The number of piperidine rings is 2. The van der Waals surface area contributed by atoms with Crippen LogP contribution in [-0.4, -0.2) is 43.5 Å². The van der Waals surface area contributed by atoms with Gasteiger partial charge in [-0.05, 0) is 63.7 Å². The van der Waals surface area contributed by atoms with Gasteiger partial charge >= 0.3 is 0 Å². The lowest BCUT2D eigenvalue weighted by Crippen LogP contribution is -2.40. The summed E-state index contributed by atoms with van der Waals surface area (Å²) < 4.78 is 0. The minimum atomic E-state index is -0.137. The molecule has 2 aliphatic heterocycles. The molecule has 0 aliphatic carbocycles. The zero-order valence-electron chi connectivity index (χ0n) is 11.1. The highest BCUT2D eigenvalue weighted by Crippen LogP contribution is 2.22. The molecule has 0 bridgehead atoms. The molecule has 0 aromatic rings. The quantitative estimate of drug-likeness (QED) is 0.805. The van der Waals surface area contributed by atoms with Crippen LogP contribution in [0.2, 0.25) is 0 Å². The minimum Gasteiger partial charge on any atom is -0.370 e. The van der Waals surface area contributed by atoms with Gasteiger partial charge in [-0.15, -0.1) is 12.4 Å². The summed E-state index contributed by atoms with van der Waals surface area (Å²) in [6.45, 7) is 5.93. The Hall–Kier alpha value is -0.320. The topological polar surface area (TPSA) is 58.4 Å². The minimum absolute atomic E-state index is 0. The number of nitrogens with zero attached hydrogens (tertiary/aromatic N) is 1. The molecule has 1 amide bonds. The third kappa shape index (κ3) is 5.12. The van der Waals surface area contributed by atoms with E-state index in [0.29, 0.717) is 12.3 Å². The molecular weight excluding hydrogens is 250 g/mol. The van der Waals surface area contributed by atoms with Gasteiger partial charge in [0, 0.05) is 13.0 Å². The van der Waals surface area contributed by atoms with E-state index in [1.165, 1.54) is 32.5 Å². The normalized spacial score (nSPS) is 23.6. The number of carbonyl (C=O) groups is 1. The van der Waals surface area contributed by atoms with Gasteiger partial charge in [0.15, 0.2) is 0 Å². The van der Waals surface area contributed by atoms with Crippen molar-refractivity contribution < 1.29 is 4.79 Å². The first-order valence-electron chi connectivity index (χ1n) is 6.95. The molecule has 106 valence electrons. The summed E-state index contributed by atoms with van der Waals surface area (Å²) in [4.78, 5) is 13.4. The predicted molar refractivity (Wildman–Crippen MR) is 75.8 cm³/mol. The van der Waals surface area contributed by atoms with Crippen LogP contribution in [-0.2, 0) is 4.79 Å². The second-order valence-corrected chi connectivity index (χ2v) is 5.61. The first-order chi connectivity index (χ1) is 8.24. The van der Waals surface area contributed by atoms with Crippen LogP contribution in [0.3, 0.4) is 0 Å². The van der Waals surface area contributed by atoms with Gasteiger partial charge in [-0.3, -0.25) is 4.79 Å². The maximum absolute atomic E-state index is 10.9. The Morgan fingerprint density at radius 1 is 1.11 bits per heavy atom. The smallest absolute Gasteiger partial charge is 0.217 e. The van der Waals surface area contributed by atoms with Gasteiger partial charge in [0.2, 0.25) is 5.91 Å². The van der Waals surface area contributed by atoms with Crippen molar-refractivity contribution >= 4 is 18.3 Å². The van der Waals surface area contributed by atoms with Crippen molar-refractivity contribution in [3.8, 4) is 0 Å². The molecule has 0 aromatic carbocycles. The number of halogens is 1. The molecule has 0 unspecified atom stereocenters. The third-order valence-corrected chi connectivity index (χ3v) is 4.17. The van der Waals surface area contributed by atoms with Gasteiger partial charge in [0.05, 0.1) is 0 Å². The molecule has 0 atom stereocenters. The summed E-state index contributed by atoms with van der Waals surface area (Å²) in [5.74, 6) is 1.28. The van der Waals surface area contributed by atoms with Gasteiger partial charge in [-0.25, -0.2) is 0 Å². The lowest BCUT2D eigenvalue weighted by molar-refractivity contribution is -0.119. The summed E-state index contributed by atoms with van der Waals surface area (Å²) in [6, 6.07) is 0. The Labute approximate surface area is 116 Å². The van der Waals surface area contributed by atoms with Crippen LogP contribution in [0.25, 0.3) is 0 Å². The average molecular weight is 276 g/mol. The second kappa shape index (κ2) is 7.97. The molecule has 18 heavy (non-hydrogen) atoms. The molecule has 2 heterocycles. The van der Waals surface area contributed by atoms with E-state index in [-0.39, 0.29) is 18.3 Å². The number of hydrogen-bond acceptors (Lipinski definition) is 3. The van der Waals surface area contributed by atoms with Crippen molar-refractivity contribution in [2.45, 2.75) is 32.1 Å². The van der Waals surface area contributed by atoms with Crippen LogP contribution in [0.4, 0.5) is 0 Å². The molecule has 5 heteroatoms. The largest absolute Gasteiger partial charge is 0.370 e. The summed E-state index contributed by atoms with van der Waals surface area (Å²) in [7, 11) is 0. The van der Waals surface area contributed by atoms with Crippen LogP contribution in [0.5, 0.6) is 0 Å². The van der Waals surface area contributed by atoms with E-state index in [1.807, 2.05) is 0 Å². The van der Waals surface area contributed by atoms with Crippen LogP contribution >= 0.6 is 12.4 Å². The van der Waals surface area contributed by atoms with Crippen LogP contribution in [0.1, 0.15) is 32.1 Å². The van der Waals surface area contributed by atoms with Crippen molar-refractivity contribution in [2.24, 2.45) is 17.6 Å². The average Bonchev–Trinajstić information content (AvgIpc) is 2.32. The Balaban J connectivity index is 0.00000162. The maximum Gasteiger partial charge on any atom is 0.217 e. The van der Waals surface area contributed by atoms with Crippen molar-refractivity contribution in [3.05, 3.63) is 0 Å². The number of rotatable bonds is 4. The molecule has 2 fully saturated rings. The van der Waals surface area contributed by atoms with Gasteiger partial charge in [0.1, 0.15) is 0 Å². The molecule has 0 saturated carbocycles. The first-order valence-corrected chi connectivity index (χ1v) is 6.95. The molecular formula is C13H26ClN3O. The van der Waals surface area contributed by atoms with E-state index < -0.39 is 0 Å². The lowest BCUT2D eigenvalue weighted by atomic mass is 9.91. The molecule has 3 N–H and O–H groups in total. The number of amides is 1. The fourth-order valence-corrected chi connectivity index (χ4v) is 3.09. The fourth-order valence-electron chi connectivity index (χ4n) is 3.09. The Kier molecular flexibility index (Phi) is 6.97. The van der Waals surface area contributed by atoms with Gasteiger partial charge < -0.3 is 16.0 Å². The second-order valence-electron chi connectivity index (χ2n) is 5.61. The molecule has 2 saturated heterocycles. The first kappa shape index (κ1) is 15.7. The molecule has 0 aromatic heterocycles. The Bertz CT molecular complexity index is 249. The van der Waals surface area contributed by atoms with Gasteiger partial charge in [0.25, 0.3) is 0 Å². The number of nitrogens with one attached hydrogen (secondary N) is 1. The highest BCUT2D eigenvalue weighted by molar-refractivity contribution is 5.85. The van der Waals surface area contributed by atoms with E-state index in [4.69, 9.17) is 5.73 Å². The van der Waals surface area contributed by atoms with Crippen LogP contribution in [0.15, 0.2) is 0 Å². The van der Waals surface area contributed by atoms with Crippen molar-refractivity contribution in [2.75, 3.05) is 32.7 Å². The Morgan fingerprint density at radius 2 is 1.72 bits per heavy atom. The van der Waals surface area contributed by atoms with Crippen molar-refractivity contribution in [3.63, 3.8) is 0 Å². The Morgan fingerprint density at radius 3 is 2.28 bits per heavy atom. The van der Waals surface area contributed by atoms with E-state index in [9.17, 15) is 4.79 Å². The zero-order chi connectivity index (χ0) is 12.1. The lowest BCUT2D eigenvalue weighted by Gasteiger charge is -2.35. The van der Waals surface area contributed by atoms with Gasteiger partial charge in [-0.2, -0.15) is 0 Å². The summed E-state index contributed by atoms with van der Waals surface area (Å²) >= 11 is 0. The number of carbonyl (C=O) groups excluding carboxylic acids is 1. The summed E-state index contributed by atoms with van der Waals surface area (Å²) in [5, 5.41) is 3.41. The number of nitrogens with two attached hydrogens (primary N) is 1. The highest BCUT2D eigenvalue weighted by Gasteiger charge is 2.23. The molecule has 0 radical (unpaired) electrons. The number of likely N-dealkylation sites (tertiary alicyclic amines) is 1. The summed E-state index contributed by atoms with van der Waals surface area (Å²) in [5.41, 5.74) is 5.25. The fraction of sp³-hybridized carbons (Fsp3) is 0.923. The van der Waals surface area contributed by atoms with Gasteiger partial charge in [-0.1, -0.05) is 0 Å². The zero-order valence-corrected chi connectivity index (χ0v) is 11.9. The third-order valence-electron chi connectivity index (χ3n) is 4.17. The number of hydrogen-bond donors (Lipinski definition) is 2. The molecule has 2 aliphatic rings. The summed E-state index contributed by atoms with van der Waals surface area (Å²) in [6.07, 6.45) is 5.52. The van der Waals surface area contributed by atoms with E-state index in [1.54, 1.807) is 0 Å². The maximum atomic E-state index is 10.9. The van der Waals surface area contributed by atoms with Crippen LogP contribution < -0.4 is 11.1 Å². The monoisotopic (exact) mass is 275 g/mol. The van der Waals surface area contributed by atoms with E-state index >= 15 is 0 Å². The molecule has 4 nitrogen and oxygen atoms in total. The van der Waals surface area contributed by atoms with Crippen LogP contribution in [0, 0.1) is 11.8 Å².